The van der Waals surface area contributed by atoms with Crippen molar-refractivity contribution in [3.05, 3.63) is 34.8 Å². The Bertz CT molecular complexity index is 520. The van der Waals surface area contributed by atoms with Crippen LogP contribution in [-0.2, 0) is 18.2 Å². The number of nitrogens with one attached hydrogen (secondary N) is 1. The Labute approximate surface area is 116 Å². The predicted octanol–water partition coefficient (Wildman–Crippen LogP) is 1.77. The van der Waals surface area contributed by atoms with Crippen molar-refractivity contribution in [1.82, 2.24) is 9.97 Å². The van der Waals surface area contributed by atoms with Crippen LogP contribution in [0, 0.1) is 0 Å². The van der Waals surface area contributed by atoms with Gasteiger partial charge in [0.25, 0.3) is 0 Å². The van der Waals surface area contributed by atoms with Gasteiger partial charge in [-0.15, -0.1) is 0 Å². The molecule has 5 nitrogen and oxygen atoms in total. The first-order valence-electron chi connectivity index (χ1n) is 4.64. The van der Waals surface area contributed by atoms with Crippen molar-refractivity contribution < 1.29 is 18.2 Å². The molecule has 0 saturated heterocycles. The van der Waals surface area contributed by atoms with E-state index in [0.717, 1.165) is 15.7 Å². The van der Waals surface area contributed by atoms with E-state index in [2.05, 4.69) is 29.9 Å². The summed E-state index contributed by atoms with van der Waals surface area (Å²) >= 11 is 2.74. The SMILES string of the molecule is [NH2][Ir][NH]c1nc(N)nc(-c2ccccc2)c1Br. The molecule has 5 N–H and O–H groups in total. The molecule has 0 aliphatic heterocycles. The fraction of sp³-hybridized carbons (Fsp3) is 0. The van der Waals surface area contributed by atoms with Crippen molar-refractivity contribution in [2.24, 2.45) is 4.40 Å². The molecule has 7 heteroatoms. The molecular weight excluding hydrogens is 462 g/mol. The molecule has 0 saturated carbocycles. The van der Waals surface area contributed by atoms with E-state index in [1.807, 2.05) is 30.3 Å². The van der Waals surface area contributed by atoms with Gasteiger partial charge in [0.1, 0.15) is 0 Å². The van der Waals surface area contributed by atoms with E-state index in [-0.39, 0.29) is 5.95 Å². The molecule has 1 aromatic heterocycles. The number of nitrogens with zero attached hydrogens (tertiary/aromatic N) is 2. The van der Waals surface area contributed by atoms with Gasteiger partial charge in [-0.25, -0.2) is 0 Å². The van der Waals surface area contributed by atoms with Crippen LogP contribution in [0.4, 0.5) is 11.8 Å². The zero-order valence-electron chi connectivity index (χ0n) is 8.65. The maximum absolute atomic E-state index is 5.69. The number of hydrogen-bond donors (Lipinski definition) is 3. The van der Waals surface area contributed by atoms with E-state index in [4.69, 9.17) is 10.1 Å². The van der Waals surface area contributed by atoms with E-state index in [9.17, 15) is 0 Å². The first kappa shape index (κ1) is 12.4. The minimum absolute atomic E-state index is 0.231. The summed E-state index contributed by atoms with van der Waals surface area (Å²) in [6, 6.07) is 9.78. The van der Waals surface area contributed by atoms with Crippen LogP contribution in [0.3, 0.4) is 0 Å². The van der Waals surface area contributed by atoms with Crippen LogP contribution in [0.5, 0.6) is 0 Å². The molecule has 0 fully saturated rings. The van der Waals surface area contributed by atoms with Gasteiger partial charge in [-0.1, -0.05) is 0 Å². The van der Waals surface area contributed by atoms with Gasteiger partial charge < -0.3 is 0 Å². The third kappa shape index (κ3) is 2.81. The molecule has 0 aliphatic carbocycles. The van der Waals surface area contributed by atoms with E-state index in [1.54, 1.807) is 0 Å². The number of nitrogen functional groups attached to an aromatic ring is 1. The van der Waals surface area contributed by atoms with E-state index < -0.39 is 18.2 Å². The number of nitrogens with two attached hydrogens (primary N) is 2. The Morgan fingerprint density at radius 1 is 1.18 bits per heavy atom. The summed E-state index contributed by atoms with van der Waals surface area (Å²) in [5, 5.41) is 0. The molecular formula is C10H10BrIrN5. The Morgan fingerprint density at radius 3 is 2.53 bits per heavy atom. The van der Waals surface area contributed by atoms with Crippen molar-refractivity contribution in [2.75, 3.05) is 9.72 Å². The summed E-state index contributed by atoms with van der Waals surface area (Å²) < 4.78 is 9.40. The maximum atomic E-state index is 5.69. The van der Waals surface area contributed by atoms with Crippen molar-refractivity contribution in [3.8, 4) is 11.3 Å². The summed E-state index contributed by atoms with van der Waals surface area (Å²) in [6.45, 7) is 0. The number of halogens is 1. The quantitative estimate of drug-likeness (QED) is 0.634. The second kappa shape index (κ2) is 5.55. The topological polar surface area (TPSA) is 89.8 Å². The van der Waals surface area contributed by atoms with Crippen molar-refractivity contribution >= 4 is 27.7 Å². The molecule has 0 aliphatic rings. The average molecular weight is 472 g/mol. The minimum atomic E-state index is -0.731. The van der Waals surface area contributed by atoms with Gasteiger partial charge in [0, 0.05) is 0 Å². The molecule has 1 heterocycles. The monoisotopic (exact) mass is 472 g/mol. The first-order chi connectivity index (χ1) is 8.22. The normalized spacial score (nSPS) is 10.5. The van der Waals surface area contributed by atoms with E-state index >= 15 is 0 Å². The first-order valence-corrected chi connectivity index (χ1v) is 8.02. The summed E-state index contributed by atoms with van der Waals surface area (Å²) in [7, 11) is 0. The molecule has 91 valence electrons. The predicted molar refractivity (Wildman–Crippen MR) is 67.4 cm³/mol. The Hall–Kier alpha value is -1.01. The molecule has 0 amide bonds. The molecule has 0 radical (unpaired) electrons. The molecule has 0 unspecified atom stereocenters. The fourth-order valence-electron chi connectivity index (χ4n) is 1.35. The Morgan fingerprint density at radius 2 is 1.88 bits per heavy atom. The standard InChI is InChI=1S/C10H8BrN4.Ir.H2N/c11-7-8(6-4-2-1-3-5-6)14-10(13)15-9(7)12;;/h1-5H,(H3-,12,13,14,15);;1H2/q-1;+2;-1. The van der Waals surface area contributed by atoms with Crippen LogP contribution in [0.1, 0.15) is 0 Å². The summed E-state index contributed by atoms with van der Waals surface area (Å²) in [6.07, 6.45) is 0. The molecule has 0 bridgehead atoms. The molecule has 0 atom stereocenters. The van der Waals surface area contributed by atoms with Crippen molar-refractivity contribution in [1.29, 1.82) is 0 Å². The third-order valence-corrected chi connectivity index (χ3v) is 3.71. The van der Waals surface area contributed by atoms with Crippen LogP contribution >= 0.6 is 15.9 Å². The third-order valence-electron chi connectivity index (χ3n) is 2.04. The van der Waals surface area contributed by atoms with Gasteiger partial charge in [-0.05, 0) is 0 Å². The zero-order valence-corrected chi connectivity index (χ0v) is 12.6. The second-order valence-electron chi connectivity index (χ2n) is 3.14. The number of benzene rings is 1. The van der Waals surface area contributed by atoms with Gasteiger partial charge >= 0.3 is 116 Å². The Kier molecular flexibility index (Phi) is 4.06. The second-order valence-corrected chi connectivity index (χ2v) is 5.22. The van der Waals surface area contributed by atoms with Gasteiger partial charge in [-0.3, -0.25) is 0 Å². The van der Waals surface area contributed by atoms with Crippen LogP contribution in [0.2, 0.25) is 0 Å². The molecule has 17 heavy (non-hydrogen) atoms. The van der Waals surface area contributed by atoms with Crippen LogP contribution in [0.25, 0.3) is 11.3 Å². The molecule has 2 aromatic rings. The van der Waals surface area contributed by atoms with Crippen LogP contribution in [0.15, 0.2) is 34.8 Å². The van der Waals surface area contributed by atoms with E-state index in [1.165, 1.54) is 0 Å². The van der Waals surface area contributed by atoms with Gasteiger partial charge in [0.15, 0.2) is 0 Å². The number of aromatic nitrogens is 2. The summed E-state index contributed by atoms with van der Waals surface area (Å²) in [4.78, 5) is 8.35. The zero-order chi connectivity index (χ0) is 12.3. The van der Waals surface area contributed by atoms with Crippen LogP contribution in [-0.4, -0.2) is 9.97 Å². The molecule has 0 spiro atoms. The molecule has 1 aromatic carbocycles. The van der Waals surface area contributed by atoms with Crippen molar-refractivity contribution in [3.63, 3.8) is 0 Å². The van der Waals surface area contributed by atoms with Crippen molar-refractivity contribution in [2.45, 2.75) is 0 Å². The summed E-state index contributed by atoms with van der Waals surface area (Å²) in [5.74, 6) is 0.883. The van der Waals surface area contributed by atoms with Gasteiger partial charge in [0.2, 0.25) is 0 Å². The van der Waals surface area contributed by atoms with Gasteiger partial charge in [0.05, 0.1) is 0 Å². The molecule has 2 rings (SSSR count). The van der Waals surface area contributed by atoms with Gasteiger partial charge in [-0.2, -0.15) is 0 Å². The average Bonchev–Trinajstić information content (AvgIpc) is 2.35. The Balaban J connectivity index is 2.54. The fourth-order valence-corrected chi connectivity index (χ4v) is 3.02. The number of rotatable bonds is 3. The van der Waals surface area contributed by atoms with Crippen LogP contribution < -0.4 is 14.1 Å². The summed E-state index contributed by atoms with van der Waals surface area (Å²) in [5.41, 5.74) is 7.43. The van der Waals surface area contributed by atoms with E-state index in [0.29, 0.717) is 5.82 Å². The number of hydrogen-bond acceptors (Lipinski definition) is 5. The number of anilines is 2.